The maximum atomic E-state index is 10.5. The molecule has 1 aromatic carbocycles. The van der Waals surface area contributed by atoms with Crippen LogP contribution in [0.2, 0.25) is 0 Å². The average Bonchev–Trinajstić information content (AvgIpc) is 2.34. The molecule has 0 saturated heterocycles. The van der Waals surface area contributed by atoms with Gasteiger partial charge in [-0.25, -0.2) is 4.79 Å². The molecule has 5 heteroatoms. The van der Waals surface area contributed by atoms with E-state index in [4.69, 9.17) is 14.6 Å². The normalized spacial score (nSPS) is 11.0. The molecule has 0 aromatic heterocycles. The topological polar surface area (TPSA) is 55.8 Å². The zero-order valence-electron chi connectivity index (χ0n) is 11.1. The van der Waals surface area contributed by atoms with Crippen LogP contribution in [0.25, 0.3) is 6.08 Å². The summed E-state index contributed by atoms with van der Waals surface area (Å²) in [6.45, 7) is 4.70. The smallest absolute Gasteiger partial charge is 0.328 e. The molecule has 0 fully saturated rings. The number of methoxy groups -OCH3 is 1. The van der Waals surface area contributed by atoms with Crippen molar-refractivity contribution in [1.82, 2.24) is 0 Å². The molecule has 1 rings (SSSR count). The van der Waals surface area contributed by atoms with Crippen LogP contribution >= 0.6 is 15.9 Å². The molecule has 0 bridgehead atoms. The summed E-state index contributed by atoms with van der Waals surface area (Å²) in [5, 5.41) is 8.62. The minimum atomic E-state index is -0.991. The van der Waals surface area contributed by atoms with Crippen LogP contribution in [-0.4, -0.2) is 24.8 Å². The number of carboxylic acids is 1. The van der Waals surface area contributed by atoms with E-state index in [-0.39, 0.29) is 0 Å². The molecule has 0 atom stereocenters. The molecular formula is C14H17BrO4. The van der Waals surface area contributed by atoms with Crippen molar-refractivity contribution < 1.29 is 19.4 Å². The molecule has 1 aromatic rings. The highest BCUT2D eigenvalue weighted by molar-refractivity contribution is 9.10. The van der Waals surface area contributed by atoms with Crippen LogP contribution in [0.15, 0.2) is 22.7 Å². The Hall–Kier alpha value is -1.49. The summed E-state index contributed by atoms with van der Waals surface area (Å²) in [6.07, 6.45) is 2.58. The van der Waals surface area contributed by atoms with Gasteiger partial charge in [-0.1, -0.05) is 13.8 Å². The third-order valence-electron chi connectivity index (χ3n) is 2.23. The molecule has 0 aliphatic carbocycles. The maximum absolute atomic E-state index is 10.5. The van der Waals surface area contributed by atoms with E-state index in [0.717, 1.165) is 16.1 Å². The lowest BCUT2D eigenvalue weighted by molar-refractivity contribution is -0.131. The Kier molecular flexibility index (Phi) is 5.89. The summed E-state index contributed by atoms with van der Waals surface area (Å²) in [5.41, 5.74) is 0.725. The average molecular weight is 329 g/mol. The number of carbonyl (C=O) groups is 1. The fourth-order valence-corrected chi connectivity index (χ4v) is 1.97. The van der Waals surface area contributed by atoms with Crippen LogP contribution < -0.4 is 9.47 Å². The van der Waals surface area contributed by atoms with E-state index in [1.54, 1.807) is 19.2 Å². The third-order valence-corrected chi connectivity index (χ3v) is 2.82. The van der Waals surface area contributed by atoms with Crippen molar-refractivity contribution in [3.8, 4) is 11.5 Å². The van der Waals surface area contributed by atoms with Gasteiger partial charge >= 0.3 is 5.97 Å². The molecule has 0 radical (unpaired) electrons. The van der Waals surface area contributed by atoms with Crippen LogP contribution in [0.4, 0.5) is 0 Å². The van der Waals surface area contributed by atoms with Crippen LogP contribution in [0, 0.1) is 5.92 Å². The van der Waals surface area contributed by atoms with E-state index in [1.807, 2.05) is 0 Å². The Bertz CT molecular complexity index is 481. The molecule has 1 N–H and O–H groups in total. The van der Waals surface area contributed by atoms with E-state index in [9.17, 15) is 4.79 Å². The zero-order chi connectivity index (χ0) is 14.4. The van der Waals surface area contributed by atoms with Crippen molar-refractivity contribution in [2.45, 2.75) is 13.8 Å². The first kappa shape index (κ1) is 15.6. The maximum Gasteiger partial charge on any atom is 0.328 e. The van der Waals surface area contributed by atoms with Gasteiger partial charge in [0.2, 0.25) is 0 Å². The summed E-state index contributed by atoms with van der Waals surface area (Å²) < 4.78 is 11.7. The first-order valence-electron chi connectivity index (χ1n) is 5.85. The van der Waals surface area contributed by atoms with Gasteiger partial charge in [-0.2, -0.15) is 0 Å². The van der Waals surface area contributed by atoms with E-state index in [0.29, 0.717) is 24.0 Å². The SMILES string of the molecule is COc1cc(C=CC(=O)O)cc(Br)c1OCC(C)C. The van der Waals surface area contributed by atoms with Gasteiger partial charge < -0.3 is 14.6 Å². The predicted octanol–water partition coefficient (Wildman–Crippen LogP) is 3.59. The second-order valence-corrected chi connectivity index (χ2v) is 5.26. The monoisotopic (exact) mass is 328 g/mol. The van der Waals surface area contributed by atoms with Crippen LogP contribution in [0.3, 0.4) is 0 Å². The van der Waals surface area contributed by atoms with Gasteiger partial charge in [0.1, 0.15) is 0 Å². The number of hydrogen-bond acceptors (Lipinski definition) is 3. The summed E-state index contributed by atoms with van der Waals surface area (Å²) >= 11 is 3.41. The highest BCUT2D eigenvalue weighted by atomic mass is 79.9. The molecule has 0 saturated carbocycles. The fraction of sp³-hybridized carbons (Fsp3) is 0.357. The number of hydrogen-bond donors (Lipinski definition) is 1. The largest absolute Gasteiger partial charge is 0.493 e. The van der Waals surface area contributed by atoms with Gasteiger partial charge in [-0.05, 0) is 45.6 Å². The second-order valence-electron chi connectivity index (χ2n) is 4.41. The van der Waals surface area contributed by atoms with Gasteiger partial charge in [0.05, 0.1) is 18.2 Å². The number of benzene rings is 1. The van der Waals surface area contributed by atoms with E-state index >= 15 is 0 Å². The first-order chi connectivity index (χ1) is 8.93. The fourth-order valence-electron chi connectivity index (χ4n) is 1.39. The molecule has 0 aliphatic rings. The third kappa shape index (κ3) is 4.95. The molecule has 0 heterocycles. The molecular weight excluding hydrogens is 312 g/mol. The standard InChI is InChI=1S/C14H17BrO4/c1-9(2)8-19-14-11(15)6-10(4-5-13(16)17)7-12(14)18-3/h4-7,9H,8H2,1-3H3,(H,16,17). The minimum absolute atomic E-state index is 0.406. The first-order valence-corrected chi connectivity index (χ1v) is 6.64. The van der Waals surface area contributed by atoms with Gasteiger partial charge in [0.25, 0.3) is 0 Å². The number of rotatable bonds is 6. The van der Waals surface area contributed by atoms with Crippen LogP contribution in [-0.2, 0) is 4.79 Å². The molecule has 0 spiro atoms. The highest BCUT2D eigenvalue weighted by Crippen LogP contribution is 2.37. The lowest BCUT2D eigenvalue weighted by atomic mass is 10.2. The van der Waals surface area contributed by atoms with Crippen molar-refractivity contribution in [2.75, 3.05) is 13.7 Å². The van der Waals surface area contributed by atoms with Crippen molar-refractivity contribution in [1.29, 1.82) is 0 Å². The zero-order valence-corrected chi connectivity index (χ0v) is 12.7. The van der Waals surface area contributed by atoms with Gasteiger partial charge in [0, 0.05) is 6.08 Å². The summed E-state index contributed by atoms with van der Waals surface area (Å²) in [5.74, 6) is 0.613. The van der Waals surface area contributed by atoms with E-state index in [1.165, 1.54) is 6.08 Å². The highest BCUT2D eigenvalue weighted by Gasteiger charge is 2.11. The molecule has 0 aliphatic heterocycles. The summed E-state index contributed by atoms with van der Waals surface area (Å²) in [6, 6.07) is 3.53. The van der Waals surface area contributed by atoms with Gasteiger partial charge in [0.15, 0.2) is 11.5 Å². The Morgan fingerprint density at radius 1 is 1.47 bits per heavy atom. The summed E-state index contributed by atoms with van der Waals surface area (Å²) in [4.78, 5) is 10.5. The van der Waals surface area contributed by atoms with Gasteiger partial charge in [-0.15, -0.1) is 0 Å². The van der Waals surface area contributed by atoms with Crippen LogP contribution in [0.1, 0.15) is 19.4 Å². The molecule has 0 amide bonds. The minimum Gasteiger partial charge on any atom is -0.493 e. The van der Waals surface area contributed by atoms with E-state index in [2.05, 4.69) is 29.8 Å². The molecule has 4 nitrogen and oxygen atoms in total. The van der Waals surface area contributed by atoms with Crippen molar-refractivity contribution in [3.63, 3.8) is 0 Å². The van der Waals surface area contributed by atoms with E-state index < -0.39 is 5.97 Å². The predicted molar refractivity (Wildman–Crippen MR) is 77.7 cm³/mol. The van der Waals surface area contributed by atoms with Crippen molar-refractivity contribution in [2.24, 2.45) is 5.92 Å². The number of ether oxygens (including phenoxy) is 2. The van der Waals surface area contributed by atoms with Gasteiger partial charge in [-0.3, -0.25) is 0 Å². The number of aliphatic carboxylic acids is 1. The Balaban J connectivity index is 3.03. The lowest BCUT2D eigenvalue weighted by Crippen LogP contribution is -2.06. The molecule has 104 valence electrons. The molecule has 0 unspecified atom stereocenters. The Morgan fingerprint density at radius 2 is 2.16 bits per heavy atom. The quantitative estimate of drug-likeness (QED) is 0.811. The van der Waals surface area contributed by atoms with Crippen molar-refractivity contribution in [3.05, 3.63) is 28.2 Å². The number of halogens is 1. The Labute approximate surface area is 121 Å². The lowest BCUT2D eigenvalue weighted by Gasteiger charge is -2.14. The second kappa shape index (κ2) is 7.19. The number of carboxylic acid groups (broad SMARTS) is 1. The van der Waals surface area contributed by atoms with Crippen LogP contribution in [0.5, 0.6) is 11.5 Å². The summed E-state index contributed by atoms with van der Waals surface area (Å²) in [7, 11) is 1.55. The Morgan fingerprint density at radius 3 is 2.68 bits per heavy atom. The molecule has 19 heavy (non-hydrogen) atoms. The van der Waals surface area contributed by atoms with Crippen molar-refractivity contribution >= 4 is 28.0 Å².